The molecule has 0 aliphatic rings. The molecular formula is C21H16N4O2. The number of Topliss-reactive ketones (excluding diaryl/α,β-unsaturated/α-hetero) is 1. The van der Waals surface area contributed by atoms with Crippen LogP contribution in [0.5, 0.6) is 0 Å². The molecule has 0 saturated carbocycles. The molecule has 0 aliphatic heterocycles. The fourth-order valence-corrected chi connectivity index (χ4v) is 3.29. The number of para-hydroxylation sites is 2. The van der Waals surface area contributed by atoms with Crippen molar-refractivity contribution >= 4 is 16.9 Å². The van der Waals surface area contributed by atoms with Crippen LogP contribution in [-0.4, -0.2) is 20.3 Å². The summed E-state index contributed by atoms with van der Waals surface area (Å²) in [4.78, 5) is 21.6. The van der Waals surface area contributed by atoms with Crippen LogP contribution in [0.3, 0.4) is 0 Å². The zero-order chi connectivity index (χ0) is 19.0. The topological polar surface area (TPSA) is 84.7 Å². The predicted octanol–water partition coefficient (Wildman–Crippen LogP) is 4.12. The molecule has 0 radical (unpaired) electrons. The van der Waals surface area contributed by atoms with E-state index in [0.717, 1.165) is 17.1 Å². The van der Waals surface area contributed by atoms with E-state index < -0.39 is 5.92 Å². The summed E-state index contributed by atoms with van der Waals surface area (Å²) in [5, 5.41) is 9.63. The van der Waals surface area contributed by atoms with Crippen LogP contribution in [0.1, 0.15) is 33.6 Å². The van der Waals surface area contributed by atoms with Gasteiger partial charge in [-0.25, -0.2) is 4.98 Å². The third-order valence-corrected chi connectivity index (χ3v) is 4.55. The zero-order valence-corrected chi connectivity index (χ0v) is 14.9. The number of ketones is 1. The highest BCUT2D eigenvalue weighted by molar-refractivity contribution is 6.03. The largest absolute Gasteiger partial charge is 0.439 e. The minimum atomic E-state index is -1.10. The maximum absolute atomic E-state index is 13.1. The summed E-state index contributed by atoms with van der Waals surface area (Å²) in [7, 11) is 0. The van der Waals surface area contributed by atoms with Gasteiger partial charge in [-0.3, -0.25) is 9.78 Å². The Hall–Kier alpha value is -3.72. The highest BCUT2D eigenvalue weighted by atomic mass is 16.3. The molecule has 0 bridgehead atoms. The van der Waals surface area contributed by atoms with E-state index in [1.165, 1.54) is 0 Å². The number of benzene rings is 1. The Morgan fingerprint density at radius 1 is 1.22 bits per heavy atom. The van der Waals surface area contributed by atoms with Crippen molar-refractivity contribution in [1.82, 2.24) is 14.5 Å². The molecule has 4 aromatic rings. The molecule has 27 heavy (non-hydrogen) atoms. The third kappa shape index (κ3) is 2.79. The Kier molecular flexibility index (Phi) is 4.05. The lowest BCUT2D eigenvalue weighted by Crippen LogP contribution is -2.13. The summed E-state index contributed by atoms with van der Waals surface area (Å²) in [6, 6.07) is 14.8. The Labute approximate surface area is 155 Å². The van der Waals surface area contributed by atoms with E-state index in [0.29, 0.717) is 16.7 Å². The van der Waals surface area contributed by atoms with Crippen LogP contribution in [0.2, 0.25) is 0 Å². The van der Waals surface area contributed by atoms with Gasteiger partial charge in [-0.2, -0.15) is 5.26 Å². The number of oxazole rings is 1. The van der Waals surface area contributed by atoms with Crippen molar-refractivity contribution in [3.05, 3.63) is 77.7 Å². The molecule has 6 nitrogen and oxygen atoms in total. The fourth-order valence-electron chi connectivity index (χ4n) is 3.29. The molecule has 0 N–H and O–H groups in total. The van der Waals surface area contributed by atoms with Crippen LogP contribution < -0.4 is 0 Å². The first kappa shape index (κ1) is 16.7. The van der Waals surface area contributed by atoms with Crippen molar-refractivity contribution in [3.8, 4) is 11.8 Å². The number of carbonyl (C=O) groups is 1. The van der Waals surface area contributed by atoms with Gasteiger partial charge in [0.05, 0.1) is 18.0 Å². The zero-order valence-electron chi connectivity index (χ0n) is 14.9. The van der Waals surface area contributed by atoms with Gasteiger partial charge in [0, 0.05) is 23.1 Å². The van der Waals surface area contributed by atoms with Gasteiger partial charge in [0.25, 0.3) is 0 Å². The summed E-state index contributed by atoms with van der Waals surface area (Å²) in [6.07, 6.45) is 3.43. The monoisotopic (exact) mass is 356 g/mol. The lowest BCUT2D eigenvalue weighted by molar-refractivity contribution is 0.0969. The van der Waals surface area contributed by atoms with E-state index in [4.69, 9.17) is 4.42 Å². The number of hydrogen-bond donors (Lipinski definition) is 0. The van der Waals surface area contributed by atoms with Crippen molar-refractivity contribution < 1.29 is 9.21 Å². The molecule has 4 rings (SSSR count). The number of aryl methyl sites for hydroxylation is 1. The third-order valence-electron chi connectivity index (χ3n) is 4.55. The van der Waals surface area contributed by atoms with Crippen molar-refractivity contribution in [3.63, 3.8) is 0 Å². The number of fused-ring (bicyclic) bond motifs is 1. The van der Waals surface area contributed by atoms with E-state index in [1.807, 2.05) is 48.7 Å². The van der Waals surface area contributed by atoms with Crippen LogP contribution in [0.25, 0.3) is 16.8 Å². The second kappa shape index (κ2) is 6.54. The van der Waals surface area contributed by atoms with Crippen LogP contribution in [0.4, 0.5) is 0 Å². The Morgan fingerprint density at radius 2 is 2.04 bits per heavy atom. The first-order valence-electron chi connectivity index (χ1n) is 8.49. The summed E-state index contributed by atoms with van der Waals surface area (Å²) in [5.74, 6) is -1.30. The number of carbonyl (C=O) groups excluding carboxylic acids is 1. The molecule has 1 aromatic carbocycles. The number of pyridine rings is 1. The number of nitriles is 1. The maximum atomic E-state index is 13.1. The Morgan fingerprint density at radius 3 is 2.74 bits per heavy atom. The molecule has 3 heterocycles. The van der Waals surface area contributed by atoms with Crippen LogP contribution >= 0.6 is 0 Å². The van der Waals surface area contributed by atoms with E-state index in [-0.39, 0.29) is 11.7 Å². The summed E-state index contributed by atoms with van der Waals surface area (Å²) < 4.78 is 7.60. The summed E-state index contributed by atoms with van der Waals surface area (Å²) >= 11 is 0. The number of rotatable bonds is 4. The lowest BCUT2D eigenvalue weighted by atomic mass is 9.99. The van der Waals surface area contributed by atoms with Gasteiger partial charge in [0.1, 0.15) is 5.52 Å². The second-order valence-corrected chi connectivity index (χ2v) is 6.28. The van der Waals surface area contributed by atoms with Gasteiger partial charge >= 0.3 is 0 Å². The van der Waals surface area contributed by atoms with Crippen LogP contribution in [0, 0.1) is 25.2 Å². The van der Waals surface area contributed by atoms with Crippen molar-refractivity contribution in [2.45, 2.75) is 19.8 Å². The normalized spacial score (nSPS) is 12.0. The molecule has 6 heteroatoms. The van der Waals surface area contributed by atoms with Gasteiger partial charge < -0.3 is 8.98 Å². The molecule has 0 aliphatic carbocycles. The number of nitrogens with zero attached hydrogens (tertiary/aromatic N) is 4. The first-order chi connectivity index (χ1) is 13.1. The Bertz CT molecular complexity index is 1150. The SMILES string of the molecule is Cc1cc(C(=O)[C@@H](C#N)c2nc3ccccc3o2)c(C)n1-c1cccnc1. The predicted molar refractivity (Wildman–Crippen MR) is 99.7 cm³/mol. The smallest absolute Gasteiger partial charge is 0.220 e. The molecular weight excluding hydrogens is 340 g/mol. The molecule has 0 spiro atoms. The van der Waals surface area contributed by atoms with Gasteiger partial charge in [0.2, 0.25) is 5.89 Å². The fraction of sp³-hybridized carbons (Fsp3) is 0.143. The lowest BCUT2D eigenvalue weighted by Gasteiger charge is -2.09. The average molecular weight is 356 g/mol. The van der Waals surface area contributed by atoms with E-state index >= 15 is 0 Å². The molecule has 0 fully saturated rings. The number of hydrogen-bond acceptors (Lipinski definition) is 5. The quantitative estimate of drug-likeness (QED) is 0.514. The molecule has 0 amide bonds. The average Bonchev–Trinajstić information content (AvgIpc) is 3.23. The highest BCUT2D eigenvalue weighted by Crippen LogP contribution is 2.28. The van der Waals surface area contributed by atoms with Crippen LogP contribution in [-0.2, 0) is 0 Å². The van der Waals surface area contributed by atoms with Crippen molar-refractivity contribution in [2.24, 2.45) is 0 Å². The van der Waals surface area contributed by atoms with E-state index in [1.54, 1.807) is 30.6 Å². The first-order valence-corrected chi connectivity index (χ1v) is 8.49. The van der Waals surface area contributed by atoms with Crippen molar-refractivity contribution in [2.75, 3.05) is 0 Å². The van der Waals surface area contributed by atoms with Gasteiger partial charge in [-0.15, -0.1) is 0 Å². The highest BCUT2D eigenvalue weighted by Gasteiger charge is 2.30. The molecule has 0 saturated heterocycles. The molecule has 1 atom stereocenters. The van der Waals surface area contributed by atoms with E-state index in [2.05, 4.69) is 9.97 Å². The molecule has 132 valence electrons. The minimum absolute atomic E-state index is 0.120. The number of aromatic nitrogens is 3. The minimum Gasteiger partial charge on any atom is -0.439 e. The van der Waals surface area contributed by atoms with Gasteiger partial charge in [-0.1, -0.05) is 12.1 Å². The standard InChI is InChI=1S/C21H16N4O2/c1-13-10-16(14(2)25(13)15-6-5-9-23-12-15)20(26)17(11-22)21-24-18-7-3-4-8-19(18)27-21/h3-10,12,17H,1-2H3/t17-/m1/s1. The summed E-state index contributed by atoms with van der Waals surface area (Å²) in [5.41, 5.74) is 4.16. The van der Waals surface area contributed by atoms with Crippen molar-refractivity contribution in [1.29, 1.82) is 5.26 Å². The van der Waals surface area contributed by atoms with E-state index in [9.17, 15) is 10.1 Å². The van der Waals surface area contributed by atoms with Gasteiger partial charge in [0.15, 0.2) is 17.3 Å². The molecule has 3 aromatic heterocycles. The summed E-state index contributed by atoms with van der Waals surface area (Å²) in [6.45, 7) is 3.77. The van der Waals surface area contributed by atoms with Gasteiger partial charge in [-0.05, 0) is 44.2 Å². The second-order valence-electron chi connectivity index (χ2n) is 6.28. The molecule has 0 unspecified atom stereocenters. The van der Waals surface area contributed by atoms with Crippen LogP contribution in [0.15, 0.2) is 59.3 Å². The maximum Gasteiger partial charge on any atom is 0.220 e. The Balaban J connectivity index is 1.76.